The first-order valence-corrected chi connectivity index (χ1v) is 10.6. The molecule has 0 atom stereocenters. The maximum Gasteiger partial charge on any atom is 0.244 e. The van der Waals surface area contributed by atoms with Gasteiger partial charge in [0.15, 0.2) is 0 Å². The number of halogens is 1. The van der Waals surface area contributed by atoms with Gasteiger partial charge in [-0.1, -0.05) is 101 Å². The largest absolute Gasteiger partial charge is 0.273 e. The molecule has 0 aromatic heterocycles. The fraction of sp³-hybridized carbons (Fsp3) is 0.0769. The molecule has 0 saturated heterocycles. The molecule has 0 unspecified atom stereocenters. The highest BCUT2D eigenvalue weighted by atomic mass is 79.9. The van der Waals surface area contributed by atoms with Crippen molar-refractivity contribution in [3.8, 4) is 11.1 Å². The van der Waals surface area contributed by atoms with Crippen LogP contribution in [0.3, 0.4) is 0 Å². The number of hydrogen-bond donors (Lipinski definition) is 1. The van der Waals surface area contributed by atoms with Crippen LogP contribution in [0, 0.1) is 0 Å². The van der Waals surface area contributed by atoms with E-state index in [0.717, 1.165) is 37.6 Å². The monoisotopic (exact) mass is 456 g/mol. The van der Waals surface area contributed by atoms with E-state index in [0.29, 0.717) is 0 Å². The van der Waals surface area contributed by atoms with E-state index < -0.39 is 0 Å². The van der Waals surface area contributed by atoms with Crippen LogP contribution in [0.4, 0.5) is 0 Å². The molecular formula is C26H21BrN2O. The van der Waals surface area contributed by atoms with Gasteiger partial charge in [0.1, 0.15) is 0 Å². The summed E-state index contributed by atoms with van der Waals surface area (Å²) in [5, 5.41) is 6.47. The fourth-order valence-corrected chi connectivity index (χ4v) is 3.91. The van der Waals surface area contributed by atoms with Gasteiger partial charge >= 0.3 is 0 Å². The molecule has 30 heavy (non-hydrogen) atoms. The number of rotatable bonds is 5. The summed E-state index contributed by atoms with van der Waals surface area (Å²) in [4.78, 5) is 12.5. The first-order valence-electron chi connectivity index (χ1n) is 9.77. The van der Waals surface area contributed by atoms with Crippen LogP contribution in [-0.4, -0.2) is 11.6 Å². The second-order valence-corrected chi connectivity index (χ2v) is 7.96. The Labute approximate surface area is 184 Å². The molecule has 0 aliphatic heterocycles. The highest BCUT2D eigenvalue weighted by molar-refractivity contribution is 9.10. The van der Waals surface area contributed by atoms with Gasteiger partial charge in [-0.05, 0) is 46.0 Å². The average molecular weight is 457 g/mol. The number of hydrogen-bond acceptors (Lipinski definition) is 2. The molecule has 4 aromatic carbocycles. The number of carbonyl (C=O) groups excluding carboxylic acids is 1. The van der Waals surface area contributed by atoms with Crippen LogP contribution in [0.15, 0.2) is 101 Å². The Bertz CT molecular complexity index is 1210. The van der Waals surface area contributed by atoms with Crippen molar-refractivity contribution < 1.29 is 4.79 Å². The zero-order chi connectivity index (χ0) is 20.9. The summed E-state index contributed by atoms with van der Waals surface area (Å²) in [5.74, 6) is -0.136. The van der Waals surface area contributed by atoms with Crippen LogP contribution >= 0.6 is 15.9 Å². The Morgan fingerprint density at radius 3 is 2.17 bits per heavy atom. The second-order valence-electron chi connectivity index (χ2n) is 7.10. The first-order chi connectivity index (χ1) is 14.6. The van der Waals surface area contributed by atoms with Gasteiger partial charge in [0.2, 0.25) is 5.91 Å². The van der Waals surface area contributed by atoms with Crippen LogP contribution in [-0.2, 0) is 11.2 Å². The van der Waals surface area contributed by atoms with E-state index in [-0.39, 0.29) is 12.3 Å². The number of benzene rings is 4. The van der Waals surface area contributed by atoms with E-state index in [1.165, 1.54) is 5.56 Å². The fourth-order valence-electron chi connectivity index (χ4n) is 3.44. The Kier molecular flexibility index (Phi) is 6.05. The van der Waals surface area contributed by atoms with Crippen LogP contribution in [0.5, 0.6) is 0 Å². The minimum absolute atomic E-state index is 0.136. The first kappa shape index (κ1) is 20.0. The van der Waals surface area contributed by atoms with Crippen molar-refractivity contribution in [2.24, 2.45) is 5.10 Å². The van der Waals surface area contributed by atoms with Crippen molar-refractivity contribution in [3.63, 3.8) is 0 Å². The molecular weight excluding hydrogens is 436 g/mol. The maximum absolute atomic E-state index is 12.5. The molecule has 1 amide bonds. The summed E-state index contributed by atoms with van der Waals surface area (Å²) in [6.07, 6.45) is 0.275. The van der Waals surface area contributed by atoms with Crippen molar-refractivity contribution in [3.05, 3.63) is 107 Å². The van der Waals surface area contributed by atoms with E-state index in [4.69, 9.17) is 0 Å². The second kappa shape index (κ2) is 9.06. The molecule has 0 radical (unpaired) electrons. The van der Waals surface area contributed by atoms with Crippen molar-refractivity contribution >= 4 is 38.3 Å². The molecule has 4 heteroatoms. The lowest BCUT2D eigenvalue weighted by Gasteiger charge is -2.08. The van der Waals surface area contributed by atoms with Gasteiger partial charge in [0.05, 0.1) is 12.1 Å². The van der Waals surface area contributed by atoms with Crippen molar-refractivity contribution in [2.75, 3.05) is 0 Å². The number of carbonyl (C=O) groups is 1. The highest BCUT2D eigenvalue weighted by Gasteiger charge is 2.09. The molecule has 0 heterocycles. The minimum atomic E-state index is -0.136. The predicted octanol–water partition coefficient (Wildman–Crippen LogP) is 6.35. The lowest BCUT2D eigenvalue weighted by atomic mass is 10.0. The topological polar surface area (TPSA) is 41.5 Å². The van der Waals surface area contributed by atoms with Crippen LogP contribution in [0.2, 0.25) is 0 Å². The quantitative estimate of drug-likeness (QED) is 0.275. The summed E-state index contributed by atoms with van der Waals surface area (Å²) in [6.45, 7) is 1.90. The molecule has 0 aliphatic carbocycles. The molecule has 0 aliphatic rings. The van der Waals surface area contributed by atoms with E-state index in [9.17, 15) is 4.79 Å². The molecule has 0 fully saturated rings. The molecule has 0 spiro atoms. The standard InChI is InChI=1S/C26H21BrN2O/c1-18(19-11-13-21(14-12-19)20-7-3-2-4-8-20)28-29-26(30)17-22-15-16-25(27)24-10-6-5-9-23(22)24/h2-16H,17H2,1H3,(H,29,30). The third-order valence-corrected chi connectivity index (χ3v) is 5.76. The lowest BCUT2D eigenvalue weighted by Crippen LogP contribution is -2.21. The Morgan fingerprint density at radius 2 is 1.43 bits per heavy atom. The number of fused-ring (bicyclic) bond motifs is 1. The number of nitrogens with one attached hydrogen (secondary N) is 1. The lowest BCUT2D eigenvalue weighted by molar-refractivity contribution is -0.120. The average Bonchev–Trinajstić information content (AvgIpc) is 2.80. The third-order valence-electron chi connectivity index (χ3n) is 5.07. The summed E-state index contributed by atoms with van der Waals surface area (Å²) in [6, 6.07) is 30.4. The van der Waals surface area contributed by atoms with Crippen molar-refractivity contribution in [2.45, 2.75) is 13.3 Å². The Balaban J connectivity index is 1.45. The normalized spacial score (nSPS) is 11.5. The van der Waals surface area contributed by atoms with Gasteiger partial charge in [-0.3, -0.25) is 4.79 Å². The molecule has 1 N–H and O–H groups in total. The SMILES string of the molecule is CC(=NNC(=O)Cc1ccc(Br)c2ccccc12)c1ccc(-c2ccccc2)cc1. The van der Waals surface area contributed by atoms with Gasteiger partial charge in [-0.15, -0.1) is 0 Å². The molecule has 148 valence electrons. The predicted molar refractivity (Wildman–Crippen MR) is 128 cm³/mol. The van der Waals surface area contributed by atoms with E-state index in [1.54, 1.807) is 0 Å². The number of nitrogens with zero attached hydrogens (tertiary/aromatic N) is 1. The minimum Gasteiger partial charge on any atom is -0.273 e. The number of hydrazone groups is 1. The Hall–Kier alpha value is -3.24. The molecule has 3 nitrogen and oxygen atoms in total. The van der Waals surface area contributed by atoms with Crippen LogP contribution in [0.25, 0.3) is 21.9 Å². The molecule has 4 rings (SSSR count). The summed E-state index contributed by atoms with van der Waals surface area (Å²) in [5.41, 5.74) is 7.74. The molecule has 0 saturated carbocycles. The van der Waals surface area contributed by atoms with Gasteiger partial charge in [0.25, 0.3) is 0 Å². The summed E-state index contributed by atoms with van der Waals surface area (Å²) >= 11 is 3.57. The third kappa shape index (κ3) is 4.50. The Morgan fingerprint density at radius 1 is 0.800 bits per heavy atom. The smallest absolute Gasteiger partial charge is 0.244 e. The van der Waals surface area contributed by atoms with Crippen LogP contribution in [0.1, 0.15) is 18.1 Å². The summed E-state index contributed by atoms with van der Waals surface area (Å²) in [7, 11) is 0. The zero-order valence-corrected chi connectivity index (χ0v) is 18.2. The van der Waals surface area contributed by atoms with Crippen molar-refractivity contribution in [1.29, 1.82) is 0 Å². The van der Waals surface area contributed by atoms with Crippen molar-refractivity contribution in [1.82, 2.24) is 5.43 Å². The zero-order valence-electron chi connectivity index (χ0n) is 16.6. The van der Waals surface area contributed by atoms with Gasteiger partial charge < -0.3 is 0 Å². The van der Waals surface area contributed by atoms with E-state index in [2.05, 4.69) is 50.7 Å². The summed E-state index contributed by atoms with van der Waals surface area (Å²) < 4.78 is 1.02. The van der Waals surface area contributed by atoms with E-state index >= 15 is 0 Å². The highest BCUT2D eigenvalue weighted by Crippen LogP contribution is 2.27. The number of amides is 1. The van der Waals surface area contributed by atoms with Gasteiger partial charge in [-0.25, -0.2) is 5.43 Å². The van der Waals surface area contributed by atoms with Gasteiger partial charge in [-0.2, -0.15) is 5.10 Å². The molecule has 0 bridgehead atoms. The maximum atomic E-state index is 12.5. The van der Waals surface area contributed by atoms with E-state index in [1.807, 2.05) is 73.7 Å². The van der Waals surface area contributed by atoms with Gasteiger partial charge in [0, 0.05) is 4.47 Å². The molecule has 4 aromatic rings. The van der Waals surface area contributed by atoms with Crippen LogP contribution < -0.4 is 5.43 Å².